The van der Waals surface area contributed by atoms with Crippen LogP contribution in [0.2, 0.25) is 0 Å². The second-order valence-corrected chi connectivity index (χ2v) is 6.66. The molecule has 1 aliphatic rings. The second kappa shape index (κ2) is 7.61. The first-order valence-corrected chi connectivity index (χ1v) is 8.70. The molecule has 0 unspecified atom stereocenters. The van der Waals surface area contributed by atoms with E-state index in [1.54, 1.807) is 18.5 Å². The lowest BCUT2D eigenvalue weighted by atomic mass is 9.91. The lowest BCUT2D eigenvalue weighted by Crippen LogP contribution is -2.18. The van der Waals surface area contributed by atoms with E-state index in [2.05, 4.69) is 15.3 Å². The summed E-state index contributed by atoms with van der Waals surface area (Å²) in [6.45, 7) is 5.64. The SMILES string of the molecule is CC(C)Nc1nccc(N)c1C(=N)c1cc(C2CCOCC2)ccn1. The molecule has 6 heteroatoms. The van der Waals surface area contributed by atoms with E-state index < -0.39 is 0 Å². The Morgan fingerprint density at radius 1 is 1.24 bits per heavy atom. The van der Waals surface area contributed by atoms with Crippen LogP contribution in [0.5, 0.6) is 0 Å². The molecule has 4 N–H and O–H groups in total. The summed E-state index contributed by atoms with van der Waals surface area (Å²) in [5.74, 6) is 1.08. The van der Waals surface area contributed by atoms with Crippen molar-refractivity contribution >= 4 is 17.2 Å². The highest BCUT2D eigenvalue weighted by Crippen LogP contribution is 2.28. The first-order valence-electron chi connectivity index (χ1n) is 8.70. The maximum Gasteiger partial charge on any atom is 0.137 e. The molecule has 0 radical (unpaired) electrons. The van der Waals surface area contributed by atoms with Gasteiger partial charge in [0.25, 0.3) is 0 Å². The molecule has 1 aliphatic heterocycles. The third kappa shape index (κ3) is 3.96. The van der Waals surface area contributed by atoms with E-state index in [1.807, 2.05) is 26.0 Å². The average Bonchev–Trinajstić information content (AvgIpc) is 2.62. The number of hydrogen-bond donors (Lipinski definition) is 3. The first-order chi connectivity index (χ1) is 12.1. The van der Waals surface area contributed by atoms with Crippen molar-refractivity contribution in [3.63, 3.8) is 0 Å². The van der Waals surface area contributed by atoms with E-state index >= 15 is 0 Å². The molecule has 0 atom stereocenters. The summed E-state index contributed by atoms with van der Waals surface area (Å²) in [4.78, 5) is 8.77. The molecule has 6 nitrogen and oxygen atoms in total. The number of pyridine rings is 2. The normalized spacial score (nSPS) is 15.3. The van der Waals surface area contributed by atoms with Crippen LogP contribution in [0.3, 0.4) is 0 Å². The van der Waals surface area contributed by atoms with Gasteiger partial charge >= 0.3 is 0 Å². The molecule has 25 heavy (non-hydrogen) atoms. The van der Waals surface area contributed by atoms with Crippen molar-refractivity contribution in [3.05, 3.63) is 47.4 Å². The summed E-state index contributed by atoms with van der Waals surface area (Å²) in [6, 6.07) is 5.95. The van der Waals surface area contributed by atoms with Gasteiger partial charge in [-0.15, -0.1) is 0 Å². The number of rotatable bonds is 5. The summed E-state index contributed by atoms with van der Waals surface area (Å²) in [5, 5.41) is 11.9. The molecule has 132 valence electrons. The Morgan fingerprint density at radius 2 is 1.96 bits per heavy atom. The van der Waals surface area contributed by atoms with E-state index in [9.17, 15) is 0 Å². The predicted molar refractivity (Wildman–Crippen MR) is 100 cm³/mol. The Morgan fingerprint density at radius 3 is 2.68 bits per heavy atom. The molecule has 1 fully saturated rings. The monoisotopic (exact) mass is 339 g/mol. The average molecular weight is 339 g/mol. The molecule has 3 heterocycles. The highest BCUT2D eigenvalue weighted by atomic mass is 16.5. The second-order valence-electron chi connectivity index (χ2n) is 6.66. The Balaban J connectivity index is 1.93. The summed E-state index contributed by atoms with van der Waals surface area (Å²) < 4.78 is 5.45. The predicted octanol–water partition coefficient (Wildman–Crippen LogP) is 3.19. The molecule has 3 rings (SSSR count). The molecular weight excluding hydrogens is 314 g/mol. The molecule has 1 saturated heterocycles. The van der Waals surface area contributed by atoms with Crippen LogP contribution in [0.4, 0.5) is 11.5 Å². The van der Waals surface area contributed by atoms with Crippen molar-refractivity contribution in [1.29, 1.82) is 5.41 Å². The molecule has 0 spiro atoms. The lowest BCUT2D eigenvalue weighted by Gasteiger charge is -2.23. The summed E-state index contributed by atoms with van der Waals surface area (Å²) in [5.41, 5.74) is 9.41. The van der Waals surface area contributed by atoms with Gasteiger partial charge in [0.05, 0.1) is 17.0 Å². The maximum atomic E-state index is 8.66. The van der Waals surface area contributed by atoms with Crippen molar-refractivity contribution in [2.45, 2.75) is 38.6 Å². The zero-order valence-electron chi connectivity index (χ0n) is 14.7. The summed E-state index contributed by atoms with van der Waals surface area (Å²) in [7, 11) is 0. The van der Waals surface area contributed by atoms with Gasteiger partial charge in [-0.05, 0) is 56.4 Å². The number of aromatic nitrogens is 2. The van der Waals surface area contributed by atoms with Crippen molar-refractivity contribution in [2.24, 2.45) is 0 Å². The van der Waals surface area contributed by atoms with Gasteiger partial charge in [-0.25, -0.2) is 4.98 Å². The van der Waals surface area contributed by atoms with Gasteiger partial charge in [0.2, 0.25) is 0 Å². The highest BCUT2D eigenvalue weighted by molar-refractivity contribution is 6.15. The minimum absolute atomic E-state index is 0.197. The van der Waals surface area contributed by atoms with Crippen LogP contribution in [0.25, 0.3) is 0 Å². The number of nitrogens with one attached hydrogen (secondary N) is 2. The number of nitrogen functional groups attached to an aromatic ring is 1. The fourth-order valence-electron chi connectivity index (χ4n) is 3.12. The minimum Gasteiger partial charge on any atom is -0.398 e. The largest absolute Gasteiger partial charge is 0.398 e. The topological polar surface area (TPSA) is 96.9 Å². The summed E-state index contributed by atoms with van der Waals surface area (Å²) in [6.07, 6.45) is 5.44. The maximum absolute atomic E-state index is 8.66. The van der Waals surface area contributed by atoms with Crippen LogP contribution >= 0.6 is 0 Å². The zero-order chi connectivity index (χ0) is 17.8. The molecule has 0 saturated carbocycles. The number of hydrogen-bond acceptors (Lipinski definition) is 6. The standard InChI is InChI=1S/C19H25N5O/c1-12(2)24-19-17(15(20)4-8-23-19)18(21)16-11-14(3-7-22-16)13-5-9-25-10-6-13/h3-4,7-8,11-13,21H,5-6,9-10H2,1-2H3,(H3,20,23,24). The van der Waals surface area contributed by atoms with E-state index in [0.29, 0.717) is 34.4 Å². The van der Waals surface area contributed by atoms with Gasteiger partial charge in [-0.2, -0.15) is 0 Å². The number of anilines is 2. The van der Waals surface area contributed by atoms with Gasteiger partial charge in [0.1, 0.15) is 5.82 Å². The van der Waals surface area contributed by atoms with Gasteiger partial charge in [-0.1, -0.05) is 0 Å². The smallest absolute Gasteiger partial charge is 0.137 e. The highest BCUT2D eigenvalue weighted by Gasteiger charge is 2.20. The van der Waals surface area contributed by atoms with E-state index in [0.717, 1.165) is 26.1 Å². The Kier molecular flexibility index (Phi) is 5.28. The van der Waals surface area contributed by atoms with Crippen LogP contribution in [-0.4, -0.2) is 34.9 Å². The zero-order valence-corrected chi connectivity index (χ0v) is 14.7. The third-order valence-electron chi connectivity index (χ3n) is 4.39. The molecule has 0 aliphatic carbocycles. The van der Waals surface area contributed by atoms with Gasteiger partial charge in [0, 0.05) is 37.3 Å². The first kappa shape index (κ1) is 17.4. The fourth-order valence-corrected chi connectivity index (χ4v) is 3.12. The minimum atomic E-state index is 0.197. The number of nitrogens with two attached hydrogens (primary N) is 1. The number of ether oxygens (including phenoxy) is 1. The Hall–Kier alpha value is -2.47. The number of nitrogens with zero attached hydrogens (tertiary/aromatic N) is 2. The Bertz CT molecular complexity index is 753. The Labute approximate surface area is 148 Å². The van der Waals surface area contributed by atoms with Crippen LogP contribution in [0, 0.1) is 5.41 Å². The van der Waals surface area contributed by atoms with Crippen LogP contribution < -0.4 is 11.1 Å². The van der Waals surface area contributed by atoms with Crippen LogP contribution in [0.15, 0.2) is 30.6 Å². The van der Waals surface area contributed by atoms with E-state index in [1.165, 1.54) is 5.56 Å². The van der Waals surface area contributed by atoms with Gasteiger partial charge in [-0.3, -0.25) is 10.4 Å². The van der Waals surface area contributed by atoms with Crippen molar-refractivity contribution < 1.29 is 4.74 Å². The fraction of sp³-hybridized carbons (Fsp3) is 0.421. The van der Waals surface area contributed by atoms with Crippen LogP contribution in [-0.2, 0) is 4.74 Å². The van der Waals surface area contributed by atoms with Crippen molar-refractivity contribution in [2.75, 3.05) is 24.3 Å². The molecule has 0 amide bonds. The quantitative estimate of drug-likeness (QED) is 0.727. The molecule has 2 aromatic rings. The van der Waals surface area contributed by atoms with E-state index in [-0.39, 0.29) is 6.04 Å². The van der Waals surface area contributed by atoms with Gasteiger partial charge < -0.3 is 15.8 Å². The molecule has 2 aromatic heterocycles. The molecular formula is C19H25N5O. The van der Waals surface area contributed by atoms with Crippen molar-refractivity contribution in [3.8, 4) is 0 Å². The van der Waals surface area contributed by atoms with Crippen molar-refractivity contribution in [1.82, 2.24) is 9.97 Å². The lowest BCUT2D eigenvalue weighted by molar-refractivity contribution is 0.0853. The van der Waals surface area contributed by atoms with Crippen LogP contribution in [0.1, 0.15) is 49.4 Å². The molecule has 0 aromatic carbocycles. The van der Waals surface area contributed by atoms with Gasteiger partial charge in [0.15, 0.2) is 0 Å². The summed E-state index contributed by atoms with van der Waals surface area (Å²) >= 11 is 0. The molecule has 0 bridgehead atoms. The third-order valence-corrected chi connectivity index (χ3v) is 4.39. The van der Waals surface area contributed by atoms with E-state index in [4.69, 9.17) is 15.9 Å².